The Kier molecular flexibility index (Phi) is 5.51. The average molecular weight is 405 g/mol. The minimum atomic E-state index is -0.395. The molecule has 1 aliphatic heterocycles. The normalized spacial score (nSPS) is 13.7. The Hall–Kier alpha value is -4.01. The second kappa shape index (κ2) is 8.56. The van der Waals surface area contributed by atoms with Gasteiger partial charge >= 0.3 is 0 Å². The lowest BCUT2D eigenvalue weighted by Crippen LogP contribution is -2.38. The fraction of sp³-hybridized carbons (Fsp3) is 0.190. The first-order chi connectivity index (χ1) is 14.6. The Morgan fingerprint density at radius 1 is 1.13 bits per heavy atom. The first-order valence-electron chi connectivity index (χ1n) is 9.34. The maximum atomic E-state index is 12.4. The van der Waals surface area contributed by atoms with Crippen molar-refractivity contribution in [1.29, 1.82) is 0 Å². The average Bonchev–Trinajstić information content (AvgIpc) is 3.26. The second-order valence-corrected chi connectivity index (χ2v) is 6.54. The minimum Gasteiger partial charge on any atom is -0.495 e. The molecule has 3 aromatic rings. The molecule has 4 rings (SSSR count). The molecule has 152 valence electrons. The van der Waals surface area contributed by atoms with Crippen molar-refractivity contribution in [2.24, 2.45) is 5.10 Å². The zero-order valence-corrected chi connectivity index (χ0v) is 16.2. The summed E-state index contributed by atoms with van der Waals surface area (Å²) < 4.78 is 10.5. The number of methoxy groups -OCH3 is 1. The highest BCUT2D eigenvalue weighted by Crippen LogP contribution is 2.23. The largest absolute Gasteiger partial charge is 0.495 e. The summed E-state index contributed by atoms with van der Waals surface area (Å²) in [5.74, 6) is 0.548. The van der Waals surface area contributed by atoms with E-state index in [0.717, 1.165) is 10.6 Å². The third kappa shape index (κ3) is 4.19. The molecule has 0 saturated carbocycles. The van der Waals surface area contributed by atoms with Crippen LogP contribution >= 0.6 is 0 Å². The predicted octanol–water partition coefficient (Wildman–Crippen LogP) is 2.71. The van der Waals surface area contributed by atoms with E-state index in [9.17, 15) is 9.59 Å². The zero-order valence-electron chi connectivity index (χ0n) is 16.2. The standard InChI is InChI=1S/C21H19N5O4/c1-29-17-10-6-5-9-15(17)22-18(27)13-26-19(28)12-11-16(24-26)21-23-20(25-30-21)14-7-3-2-4-8-14/h2-10H,11-13H2,1H3,(H,22,27). The molecule has 0 atom stereocenters. The number of nitrogens with one attached hydrogen (secondary N) is 1. The summed E-state index contributed by atoms with van der Waals surface area (Å²) in [5.41, 5.74) is 1.80. The number of anilines is 1. The van der Waals surface area contributed by atoms with Crippen LogP contribution in [0.5, 0.6) is 5.75 Å². The Balaban J connectivity index is 1.49. The van der Waals surface area contributed by atoms with Crippen molar-refractivity contribution >= 4 is 23.2 Å². The number of amides is 2. The molecule has 0 fully saturated rings. The van der Waals surface area contributed by atoms with Crippen molar-refractivity contribution in [2.45, 2.75) is 12.8 Å². The Labute approximate surface area is 172 Å². The van der Waals surface area contributed by atoms with E-state index in [1.807, 2.05) is 30.3 Å². The SMILES string of the molecule is COc1ccccc1NC(=O)CN1N=C(c2nc(-c3ccccc3)no2)CCC1=O. The third-order valence-corrected chi connectivity index (χ3v) is 4.48. The van der Waals surface area contributed by atoms with Gasteiger partial charge in [0, 0.05) is 18.4 Å². The Morgan fingerprint density at radius 2 is 1.90 bits per heavy atom. The van der Waals surface area contributed by atoms with Crippen molar-refractivity contribution in [1.82, 2.24) is 15.1 Å². The van der Waals surface area contributed by atoms with Crippen molar-refractivity contribution in [3.8, 4) is 17.1 Å². The first kappa shape index (κ1) is 19.3. The topological polar surface area (TPSA) is 110 Å². The van der Waals surface area contributed by atoms with E-state index >= 15 is 0 Å². The Morgan fingerprint density at radius 3 is 2.70 bits per heavy atom. The van der Waals surface area contributed by atoms with Crippen LogP contribution in [0, 0.1) is 0 Å². The smallest absolute Gasteiger partial charge is 0.274 e. The monoisotopic (exact) mass is 405 g/mol. The number of rotatable bonds is 6. The summed E-state index contributed by atoms with van der Waals surface area (Å²) in [7, 11) is 1.52. The molecular formula is C21H19N5O4. The van der Waals surface area contributed by atoms with Crippen molar-refractivity contribution in [2.75, 3.05) is 19.0 Å². The van der Waals surface area contributed by atoms with Gasteiger partial charge in [0.15, 0.2) is 0 Å². The van der Waals surface area contributed by atoms with Gasteiger partial charge in [-0.05, 0) is 12.1 Å². The molecule has 0 radical (unpaired) electrons. The maximum absolute atomic E-state index is 12.4. The predicted molar refractivity (Wildman–Crippen MR) is 109 cm³/mol. The quantitative estimate of drug-likeness (QED) is 0.675. The van der Waals surface area contributed by atoms with Crippen LogP contribution in [0.3, 0.4) is 0 Å². The van der Waals surface area contributed by atoms with Gasteiger partial charge in [-0.3, -0.25) is 9.59 Å². The summed E-state index contributed by atoms with van der Waals surface area (Å²) in [6.45, 7) is -0.236. The van der Waals surface area contributed by atoms with Gasteiger partial charge < -0.3 is 14.6 Å². The zero-order chi connectivity index (χ0) is 20.9. The van der Waals surface area contributed by atoms with E-state index in [1.165, 1.54) is 7.11 Å². The van der Waals surface area contributed by atoms with E-state index in [-0.39, 0.29) is 24.8 Å². The molecule has 1 N–H and O–H groups in total. The van der Waals surface area contributed by atoms with Crippen LogP contribution in [0.4, 0.5) is 5.69 Å². The van der Waals surface area contributed by atoms with Crippen LogP contribution in [0.25, 0.3) is 11.4 Å². The second-order valence-electron chi connectivity index (χ2n) is 6.54. The fourth-order valence-corrected chi connectivity index (χ4v) is 3.00. The highest BCUT2D eigenvalue weighted by atomic mass is 16.5. The van der Waals surface area contributed by atoms with Gasteiger partial charge in [-0.1, -0.05) is 47.6 Å². The van der Waals surface area contributed by atoms with Crippen LogP contribution in [-0.4, -0.2) is 46.3 Å². The molecule has 2 heterocycles. The molecule has 2 amide bonds. The molecule has 0 spiro atoms. The van der Waals surface area contributed by atoms with Gasteiger partial charge in [-0.15, -0.1) is 0 Å². The number of hydrogen-bond acceptors (Lipinski definition) is 7. The van der Waals surface area contributed by atoms with E-state index in [0.29, 0.717) is 29.4 Å². The summed E-state index contributed by atoms with van der Waals surface area (Å²) in [4.78, 5) is 29.1. The summed E-state index contributed by atoms with van der Waals surface area (Å²) in [6, 6.07) is 16.4. The molecule has 30 heavy (non-hydrogen) atoms. The molecule has 1 aromatic heterocycles. The Bertz CT molecular complexity index is 1090. The third-order valence-electron chi connectivity index (χ3n) is 4.48. The van der Waals surface area contributed by atoms with Gasteiger partial charge in [-0.2, -0.15) is 10.1 Å². The van der Waals surface area contributed by atoms with E-state index in [1.54, 1.807) is 24.3 Å². The number of hydrogen-bond donors (Lipinski definition) is 1. The van der Waals surface area contributed by atoms with E-state index in [2.05, 4.69) is 20.6 Å². The number of aromatic nitrogens is 2. The number of hydrazone groups is 1. The summed E-state index contributed by atoms with van der Waals surface area (Å²) in [6.07, 6.45) is 0.559. The van der Waals surface area contributed by atoms with Crippen LogP contribution in [0.15, 0.2) is 64.2 Å². The lowest BCUT2D eigenvalue weighted by molar-refractivity contribution is -0.135. The molecule has 2 aromatic carbocycles. The molecule has 0 unspecified atom stereocenters. The van der Waals surface area contributed by atoms with Crippen LogP contribution < -0.4 is 10.1 Å². The summed E-state index contributed by atoms with van der Waals surface area (Å²) in [5, 5.41) is 12.1. The van der Waals surface area contributed by atoms with Gasteiger partial charge in [-0.25, -0.2) is 5.01 Å². The molecule has 0 aliphatic carbocycles. The molecule has 0 bridgehead atoms. The highest BCUT2D eigenvalue weighted by Gasteiger charge is 2.26. The number of ether oxygens (including phenoxy) is 1. The lowest BCUT2D eigenvalue weighted by Gasteiger charge is -2.22. The highest BCUT2D eigenvalue weighted by molar-refractivity contribution is 6.02. The first-order valence-corrected chi connectivity index (χ1v) is 9.34. The van der Waals surface area contributed by atoms with Gasteiger partial charge in [0.2, 0.25) is 17.6 Å². The summed E-state index contributed by atoms with van der Waals surface area (Å²) >= 11 is 0. The van der Waals surface area contributed by atoms with Crippen molar-refractivity contribution in [3.63, 3.8) is 0 Å². The number of nitrogens with zero attached hydrogens (tertiary/aromatic N) is 4. The number of para-hydroxylation sites is 2. The van der Waals surface area contributed by atoms with Crippen molar-refractivity contribution in [3.05, 3.63) is 60.5 Å². The van der Waals surface area contributed by atoms with Gasteiger partial charge in [0.1, 0.15) is 18.0 Å². The number of benzene rings is 2. The van der Waals surface area contributed by atoms with Gasteiger partial charge in [0.05, 0.1) is 12.8 Å². The van der Waals surface area contributed by atoms with E-state index < -0.39 is 5.91 Å². The maximum Gasteiger partial charge on any atom is 0.274 e. The molecule has 9 heteroatoms. The lowest BCUT2D eigenvalue weighted by atomic mass is 10.1. The van der Waals surface area contributed by atoms with Gasteiger partial charge in [0.25, 0.3) is 5.89 Å². The van der Waals surface area contributed by atoms with Crippen LogP contribution in [-0.2, 0) is 9.59 Å². The number of carbonyl (C=O) groups excluding carboxylic acids is 2. The molecular weight excluding hydrogens is 386 g/mol. The van der Waals surface area contributed by atoms with Crippen LogP contribution in [0.1, 0.15) is 18.7 Å². The molecule has 1 aliphatic rings. The fourth-order valence-electron chi connectivity index (χ4n) is 3.00. The molecule has 0 saturated heterocycles. The van der Waals surface area contributed by atoms with E-state index in [4.69, 9.17) is 9.26 Å². The number of carbonyl (C=O) groups is 2. The minimum absolute atomic E-state index is 0.198. The van der Waals surface area contributed by atoms with Crippen LogP contribution in [0.2, 0.25) is 0 Å². The van der Waals surface area contributed by atoms with Crippen molar-refractivity contribution < 1.29 is 18.8 Å². The molecule has 9 nitrogen and oxygen atoms in total.